The minimum absolute atomic E-state index is 0.237. The molecule has 28 heavy (non-hydrogen) atoms. The Labute approximate surface area is 162 Å². The van der Waals surface area contributed by atoms with Crippen molar-refractivity contribution in [2.75, 3.05) is 0 Å². The zero-order chi connectivity index (χ0) is 19.7. The number of aromatic nitrogens is 2. The van der Waals surface area contributed by atoms with Crippen LogP contribution < -0.4 is 5.32 Å². The van der Waals surface area contributed by atoms with Gasteiger partial charge >= 0.3 is 0 Å². The van der Waals surface area contributed by atoms with E-state index in [9.17, 15) is 14.4 Å². The quantitative estimate of drug-likeness (QED) is 0.546. The lowest BCUT2D eigenvalue weighted by Gasteiger charge is -2.30. The van der Waals surface area contributed by atoms with Crippen molar-refractivity contribution in [3.8, 4) is 11.3 Å². The van der Waals surface area contributed by atoms with E-state index in [0.29, 0.717) is 19.4 Å². The summed E-state index contributed by atoms with van der Waals surface area (Å²) in [5.41, 5.74) is 4.60. The van der Waals surface area contributed by atoms with Crippen LogP contribution in [0, 0.1) is 6.92 Å². The number of carbonyl (C=O) groups excluding carboxylic acids is 3. The molecule has 1 aliphatic heterocycles. The summed E-state index contributed by atoms with van der Waals surface area (Å²) >= 11 is 0. The van der Waals surface area contributed by atoms with Gasteiger partial charge in [0.1, 0.15) is 11.7 Å². The molecule has 1 N–H and O–H groups in total. The minimum Gasteiger partial charge on any atom is -0.329 e. The van der Waals surface area contributed by atoms with Gasteiger partial charge in [0, 0.05) is 30.9 Å². The lowest BCUT2D eigenvalue weighted by atomic mass is 10.0. The number of nitrogens with one attached hydrogen (secondary N) is 1. The van der Waals surface area contributed by atoms with Gasteiger partial charge in [0.2, 0.25) is 18.2 Å². The van der Waals surface area contributed by atoms with Gasteiger partial charge < -0.3 is 9.30 Å². The Bertz CT molecular complexity index is 1040. The molecule has 4 rings (SSSR count). The Kier molecular flexibility index (Phi) is 4.65. The summed E-state index contributed by atoms with van der Waals surface area (Å²) in [7, 11) is 0. The van der Waals surface area contributed by atoms with Crippen molar-refractivity contribution < 1.29 is 14.4 Å². The fourth-order valence-corrected chi connectivity index (χ4v) is 3.49. The molecule has 0 bridgehead atoms. The van der Waals surface area contributed by atoms with Crippen LogP contribution in [0.3, 0.4) is 0 Å². The Balaban J connectivity index is 1.62. The van der Waals surface area contributed by atoms with Crippen LogP contribution in [0.5, 0.6) is 0 Å². The number of piperidine rings is 1. The molecule has 0 radical (unpaired) electrons. The van der Waals surface area contributed by atoms with E-state index in [1.54, 1.807) is 0 Å². The van der Waals surface area contributed by atoms with Gasteiger partial charge in [-0.3, -0.25) is 19.7 Å². The van der Waals surface area contributed by atoms with Crippen LogP contribution in [-0.4, -0.2) is 38.6 Å². The second-order valence-corrected chi connectivity index (χ2v) is 6.98. The van der Waals surface area contributed by atoms with Gasteiger partial charge in [-0.15, -0.1) is 0 Å². The lowest BCUT2D eigenvalue weighted by Crippen LogP contribution is -2.51. The van der Waals surface area contributed by atoms with Crippen LogP contribution in [0.1, 0.15) is 24.0 Å². The third-order valence-corrected chi connectivity index (χ3v) is 5.11. The third-order valence-electron chi connectivity index (χ3n) is 5.11. The number of fused-ring (bicyclic) bond motifs is 1. The van der Waals surface area contributed by atoms with E-state index >= 15 is 0 Å². The molecule has 1 atom stereocenters. The van der Waals surface area contributed by atoms with Crippen molar-refractivity contribution in [1.29, 1.82) is 0 Å². The van der Waals surface area contributed by atoms with Gasteiger partial charge in [-0.05, 0) is 42.7 Å². The molecule has 1 unspecified atom stereocenters. The fraction of sp³-hybridized carbons (Fsp3) is 0.238. The van der Waals surface area contributed by atoms with Crippen LogP contribution >= 0.6 is 0 Å². The van der Waals surface area contributed by atoms with Crippen LogP contribution in [0.4, 0.5) is 0 Å². The largest absolute Gasteiger partial charge is 0.329 e. The smallest absolute Gasteiger partial charge is 0.249 e. The number of amides is 3. The van der Waals surface area contributed by atoms with Crippen molar-refractivity contribution in [2.24, 2.45) is 0 Å². The summed E-state index contributed by atoms with van der Waals surface area (Å²) in [5, 5.41) is 2.31. The molecule has 0 aliphatic carbocycles. The summed E-state index contributed by atoms with van der Waals surface area (Å²) in [6.07, 6.45) is 5.16. The Morgan fingerprint density at radius 2 is 2.14 bits per heavy atom. The van der Waals surface area contributed by atoms with Crippen molar-refractivity contribution in [1.82, 2.24) is 19.6 Å². The molecule has 3 amide bonds. The molecule has 1 saturated heterocycles. The number of pyridine rings is 1. The highest BCUT2D eigenvalue weighted by Crippen LogP contribution is 2.24. The Hall–Kier alpha value is -3.48. The highest BCUT2D eigenvalue weighted by Gasteiger charge is 2.31. The van der Waals surface area contributed by atoms with Crippen molar-refractivity contribution in [2.45, 2.75) is 32.4 Å². The van der Waals surface area contributed by atoms with E-state index in [-0.39, 0.29) is 12.3 Å². The highest BCUT2D eigenvalue weighted by atomic mass is 16.2. The summed E-state index contributed by atoms with van der Waals surface area (Å²) in [4.78, 5) is 41.3. The summed E-state index contributed by atoms with van der Waals surface area (Å²) in [5.74, 6) is -0.713. The molecule has 7 heteroatoms. The summed E-state index contributed by atoms with van der Waals surface area (Å²) in [6, 6.07) is 11.2. The third kappa shape index (κ3) is 3.38. The zero-order valence-electron chi connectivity index (χ0n) is 15.5. The molecule has 2 aromatic heterocycles. The van der Waals surface area contributed by atoms with Crippen molar-refractivity contribution in [3.63, 3.8) is 0 Å². The predicted octanol–water partition coefficient (Wildman–Crippen LogP) is 2.07. The van der Waals surface area contributed by atoms with Gasteiger partial charge in [0.25, 0.3) is 0 Å². The van der Waals surface area contributed by atoms with Crippen LogP contribution in [0.2, 0.25) is 0 Å². The van der Waals surface area contributed by atoms with Crippen LogP contribution in [-0.2, 0) is 20.9 Å². The first kappa shape index (κ1) is 17.9. The standard InChI is InChI=1S/C21H20N4O3/c1-14-5-6-15(17-12-24-9-3-2-4-19(24)22-17)10-16(14)11-25(13-26)18-7-8-20(27)23-21(18)28/h2-6,9-10,12-13,18H,7-8,11H2,1H3,(H,23,27,28). The topological polar surface area (TPSA) is 83.8 Å². The first-order valence-electron chi connectivity index (χ1n) is 9.13. The number of carbonyl (C=O) groups is 3. The van der Waals surface area contributed by atoms with E-state index in [0.717, 1.165) is 28.0 Å². The van der Waals surface area contributed by atoms with E-state index in [1.807, 2.05) is 60.1 Å². The molecule has 1 fully saturated rings. The fourth-order valence-electron chi connectivity index (χ4n) is 3.49. The maximum absolute atomic E-state index is 12.1. The van der Waals surface area contributed by atoms with Gasteiger partial charge in [-0.2, -0.15) is 0 Å². The number of hydrogen-bond acceptors (Lipinski definition) is 4. The highest BCUT2D eigenvalue weighted by molar-refractivity contribution is 6.00. The van der Waals surface area contributed by atoms with Crippen LogP contribution in [0.15, 0.2) is 48.8 Å². The molecule has 3 heterocycles. The first-order chi connectivity index (χ1) is 13.5. The molecule has 142 valence electrons. The maximum atomic E-state index is 12.1. The number of hydrogen-bond donors (Lipinski definition) is 1. The first-order valence-corrected chi connectivity index (χ1v) is 9.13. The molecule has 1 aliphatic rings. The monoisotopic (exact) mass is 376 g/mol. The van der Waals surface area contributed by atoms with E-state index in [2.05, 4.69) is 10.3 Å². The molecule has 7 nitrogen and oxygen atoms in total. The lowest BCUT2D eigenvalue weighted by molar-refractivity contribution is -0.141. The van der Waals surface area contributed by atoms with E-state index < -0.39 is 11.9 Å². The minimum atomic E-state index is -0.631. The molecule has 0 spiro atoms. The zero-order valence-corrected chi connectivity index (χ0v) is 15.5. The summed E-state index contributed by atoms with van der Waals surface area (Å²) < 4.78 is 1.95. The van der Waals surface area contributed by atoms with Gasteiger partial charge in [0.05, 0.1) is 5.69 Å². The number of imide groups is 1. The number of nitrogens with zero attached hydrogens (tertiary/aromatic N) is 3. The number of aryl methyl sites for hydroxylation is 1. The SMILES string of the molecule is Cc1ccc(-c2cn3ccccc3n2)cc1CN(C=O)C1CCC(=O)NC1=O. The molecular weight excluding hydrogens is 356 g/mol. The number of benzene rings is 1. The van der Waals surface area contributed by atoms with Gasteiger partial charge in [-0.25, -0.2) is 4.98 Å². The van der Waals surface area contributed by atoms with Gasteiger partial charge in [0.15, 0.2) is 0 Å². The average molecular weight is 376 g/mol. The Morgan fingerprint density at radius 1 is 1.29 bits per heavy atom. The molecule has 1 aromatic carbocycles. The normalized spacial score (nSPS) is 16.8. The van der Waals surface area contributed by atoms with Crippen LogP contribution in [0.25, 0.3) is 16.9 Å². The summed E-state index contributed by atoms with van der Waals surface area (Å²) in [6.45, 7) is 2.26. The maximum Gasteiger partial charge on any atom is 0.249 e. The van der Waals surface area contributed by atoms with Crippen molar-refractivity contribution in [3.05, 3.63) is 59.9 Å². The second kappa shape index (κ2) is 7.26. The molecule has 0 saturated carbocycles. The van der Waals surface area contributed by atoms with E-state index in [4.69, 9.17) is 0 Å². The number of imidazole rings is 1. The number of rotatable bonds is 5. The predicted molar refractivity (Wildman–Crippen MR) is 103 cm³/mol. The Morgan fingerprint density at radius 3 is 2.89 bits per heavy atom. The average Bonchev–Trinajstić information content (AvgIpc) is 3.12. The molecular formula is C21H20N4O3. The van der Waals surface area contributed by atoms with E-state index in [1.165, 1.54) is 4.90 Å². The van der Waals surface area contributed by atoms with Gasteiger partial charge in [-0.1, -0.05) is 18.2 Å². The molecule has 3 aromatic rings. The van der Waals surface area contributed by atoms with Crippen molar-refractivity contribution >= 4 is 23.9 Å². The second-order valence-electron chi connectivity index (χ2n) is 6.98.